The highest BCUT2D eigenvalue weighted by Gasteiger charge is 2.35. The lowest BCUT2D eigenvalue weighted by molar-refractivity contribution is -0.138. The molecule has 0 spiro atoms. The van der Waals surface area contributed by atoms with Gasteiger partial charge in [-0.05, 0) is 40.0 Å². The fraction of sp³-hybridized carbons (Fsp3) is 0.571. The summed E-state index contributed by atoms with van der Waals surface area (Å²) in [7, 11) is 1.25. The van der Waals surface area contributed by atoms with Crippen LogP contribution in [0, 0.1) is 0 Å². The molecule has 1 aromatic carbocycles. The summed E-state index contributed by atoms with van der Waals surface area (Å²) in [6.07, 6.45) is -3.83. The highest BCUT2D eigenvalue weighted by Crippen LogP contribution is 2.41. The van der Waals surface area contributed by atoms with Gasteiger partial charge in [-0.15, -0.1) is 0 Å². The molecule has 0 aliphatic carbocycles. The van der Waals surface area contributed by atoms with Gasteiger partial charge in [0.1, 0.15) is 5.75 Å². The molecule has 2 rings (SSSR count). The summed E-state index contributed by atoms with van der Waals surface area (Å²) < 4.78 is 44.4. The lowest BCUT2D eigenvalue weighted by Gasteiger charge is -2.27. The van der Waals surface area contributed by atoms with E-state index in [9.17, 15) is 13.2 Å². The predicted molar refractivity (Wildman–Crippen MR) is 78.7 cm³/mol. The van der Waals surface area contributed by atoms with Crippen molar-refractivity contribution in [2.75, 3.05) is 39.8 Å². The molecule has 1 aromatic rings. The Balaban J connectivity index is 2.14. The topological polar surface area (TPSA) is 24.5 Å². The molecule has 0 unspecified atom stereocenters. The van der Waals surface area contributed by atoms with Crippen LogP contribution in [0.5, 0.6) is 5.75 Å². The number of benzene rings is 1. The van der Waals surface area contributed by atoms with Crippen molar-refractivity contribution < 1.29 is 17.9 Å². The maximum absolute atomic E-state index is 13.1. The van der Waals surface area contributed by atoms with Gasteiger partial charge in [-0.2, -0.15) is 13.2 Å². The van der Waals surface area contributed by atoms with E-state index in [-0.39, 0.29) is 5.75 Å². The molecule has 1 heterocycles. The van der Waals surface area contributed by atoms with E-state index in [0.717, 1.165) is 32.7 Å². The van der Waals surface area contributed by atoms with Crippen molar-refractivity contribution in [1.29, 1.82) is 0 Å². The van der Waals surface area contributed by atoms with Crippen LogP contribution in [0.25, 0.3) is 0 Å². The van der Waals surface area contributed by atoms with Crippen LogP contribution >= 0.6 is 15.9 Å². The molecule has 1 saturated heterocycles. The Labute approximate surface area is 130 Å². The lowest BCUT2D eigenvalue weighted by atomic mass is 10.1. The van der Waals surface area contributed by atoms with E-state index in [2.05, 4.69) is 26.1 Å². The summed E-state index contributed by atoms with van der Waals surface area (Å²) in [6, 6.07) is 2.89. The largest absolute Gasteiger partial charge is 0.495 e. The van der Waals surface area contributed by atoms with Gasteiger partial charge in [0.05, 0.1) is 17.1 Å². The number of methoxy groups -OCH3 is 1. The zero-order valence-electron chi connectivity index (χ0n) is 11.8. The molecule has 0 saturated carbocycles. The summed E-state index contributed by atoms with van der Waals surface area (Å²) >= 11 is 3.17. The summed E-state index contributed by atoms with van der Waals surface area (Å²) in [5.74, 6) is -0.159. The third-order valence-electron chi connectivity index (χ3n) is 3.54. The average Bonchev–Trinajstić information content (AvgIpc) is 2.44. The lowest BCUT2D eigenvalue weighted by Crippen LogP contribution is -2.44. The van der Waals surface area contributed by atoms with E-state index >= 15 is 0 Å². The van der Waals surface area contributed by atoms with Gasteiger partial charge in [0, 0.05) is 32.7 Å². The van der Waals surface area contributed by atoms with E-state index in [1.807, 2.05) is 0 Å². The second-order valence-corrected chi connectivity index (χ2v) is 5.85. The predicted octanol–water partition coefficient (Wildman–Crippen LogP) is 2.92. The number of ether oxygens (including phenoxy) is 1. The Bertz CT molecular complexity index is 488. The first-order valence-electron chi connectivity index (χ1n) is 6.78. The van der Waals surface area contributed by atoms with Crippen LogP contribution in [0.2, 0.25) is 0 Å². The van der Waals surface area contributed by atoms with Crippen LogP contribution in [0.4, 0.5) is 13.2 Å². The third-order valence-corrected chi connectivity index (χ3v) is 4.13. The number of hydrogen-bond acceptors (Lipinski definition) is 3. The number of rotatable bonds is 4. The molecule has 7 heteroatoms. The fourth-order valence-corrected chi connectivity index (χ4v) is 3.10. The van der Waals surface area contributed by atoms with Crippen molar-refractivity contribution >= 4 is 15.9 Å². The van der Waals surface area contributed by atoms with Gasteiger partial charge >= 0.3 is 6.18 Å². The van der Waals surface area contributed by atoms with Gasteiger partial charge in [-0.25, -0.2) is 0 Å². The molecule has 118 valence electrons. The first-order chi connectivity index (χ1) is 9.91. The van der Waals surface area contributed by atoms with Crippen molar-refractivity contribution in [3.63, 3.8) is 0 Å². The Morgan fingerprint density at radius 3 is 2.52 bits per heavy atom. The van der Waals surface area contributed by atoms with E-state index in [1.165, 1.54) is 13.2 Å². The molecule has 0 radical (unpaired) electrons. The maximum Gasteiger partial charge on any atom is 0.420 e. The van der Waals surface area contributed by atoms with Crippen LogP contribution < -0.4 is 10.1 Å². The van der Waals surface area contributed by atoms with E-state index < -0.39 is 11.7 Å². The second kappa shape index (κ2) is 6.98. The molecule has 0 amide bonds. The van der Waals surface area contributed by atoms with Crippen molar-refractivity contribution in [3.05, 3.63) is 27.7 Å². The summed E-state index contributed by atoms with van der Waals surface area (Å²) in [5.41, 5.74) is -0.0665. The molecule has 1 fully saturated rings. The fourth-order valence-electron chi connectivity index (χ4n) is 2.43. The molecule has 1 aliphatic heterocycles. The zero-order valence-corrected chi connectivity index (χ0v) is 13.4. The molecule has 0 bridgehead atoms. The Morgan fingerprint density at radius 2 is 1.95 bits per heavy atom. The third kappa shape index (κ3) is 4.34. The monoisotopic (exact) mass is 366 g/mol. The minimum Gasteiger partial charge on any atom is -0.495 e. The van der Waals surface area contributed by atoms with Gasteiger partial charge in [-0.3, -0.25) is 0 Å². The van der Waals surface area contributed by atoms with Crippen molar-refractivity contribution in [3.8, 4) is 5.75 Å². The molecular formula is C14H18BrF3N2O. The van der Waals surface area contributed by atoms with Crippen molar-refractivity contribution in [1.82, 2.24) is 10.2 Å². The van der Waals surface area contributed by atoms with E-state index in [1.54, 1.807) is 6.07 Å². The Hall–Kier alpha value is -0.790. The molecule has 1 N–H and O–H groups in total. The number of halogens is 4. The quantitative estimate of drug-likeness (QED) is 0.886. The van der Waals surface area contributed by atoms with Crippen LogP contribution in [-0.2, 0) is 12.6 Å². The average molecular weight is 367 g/mol. The van der Waals surface area contributed by atoms with Crippen molar-refractivity contribution in [2.24, 2.45) is 0 Å². The maximum atomic E-state index is 13.1. The first-order valence-corrected chi connectivity index (χ1v) is 7.58. The van der Waals surface area contributed by atoms with Crippen LogP contribution in [-0.4, -0.2) is 44.7 Å². The zero-order chi connectivity index (χ0) is 15.5. The Morgan fingerprint density at radius 1 is 1.29 bits per heavy atom. The minimum atomic E-state index is -4.42. The Kier molecular flexibility index (Phi) is 5.51. The van der Waals surface area contributed by atoms with Gasteiger partial charge in [0.2, 0.25) is 0 Å². The van der Waals surface area contributed by atoms with Gasteiger partial charge in [-0.1, -0.05) is 0 Å². The number of nitrogens with zero attached hydrogens (tertiary/aromatic N) is 1. The highest BCUT2D eigenvalue weighted by molar-refractivity contribution is 9.10. The van der Waals surface area contributed by atoms with Crippen LogP contribution in [0.1, 0.15) is 11.1 Å². The molecular weight excluding hydrogens is 349 g/mol. The summed E-state index contributed by atoms with van der Waals surface area (Å²) in [4.78, 5) is 2.25. The molecule has 0 atom stereocenters. The SMILES string of the molecule is COc1c(Br)cc(CCN2CCNCC2)cc1C(F)(F)F. The van der Waals surface area contributed by atoms with Crippen LogP contribution in [0.15, 0.2) is 16.6 Å². The molecule has 3 nitrogen and oxygen atoms in total. The highest BCUT2D eigenvalue weighted by atomic mass is 79.9. The van der Waals surface area contributed by atoms with Crippen molar-refractivity contribution in [2.45, 2.75) is 12.6 Å². The number of nitrogens with one attached hydrogen (secondary N) is 1. The molecule has 1 aliphatic rings. The van der Waals surface area contributed by atoms with E-state index in [4.69, 9.17) is 4.74 Å². The van der Waals surface area contributed by atoms with E-state index in [0.29, 0.717) is 16.5 Å². The number of alkyl halides is 3. The smallest absolute Gasteiger partial charge is 0.420 e. The molecule has 21 heavy (non-hydrogen) atoms. The second-order valence-electron chi connectivity index (χ2n) is 5.00. The number of hydrogen-bond donors (Lipinski definition) is 1. The number of piperazine rings is 1. The minimum absolute atomic E-state index is 0.159. The van der Waals surface area contributed by atoms with Gasteiger partial charge < -0.3 is 15.0 Å². The standard InChI is InChI=1S/C14H18BrF3N2O/c1-21-13-11(14(16,17)18)8-10(9-12(13)15)2-5-20-6-3-19-4-7-20/h8-9,19H,2-7H2,1H3. The summed E-state index contributed by atoms with van der Waals surface area (Å²) in [6.45, 7) is 4.49. The molecule has 0 aromatic heterocycles. The van der Waals surface area contributed by atoms with Gasteiger partial charge in [0.15, 0.2) is 0 Å². The first kappa shape index (κ1) is 16.6. The normalized spacial score (nSPS) is 17.0. The summed E-state index contributed by atoms with van der Waals surface area (Å²) in [5, 5.41) is 3.25. The van der Waals surface area contributed by atoms with Crippen LogP contribution in [0.3, 0.4) is 0 Å². The van der Waals surface area contributed by atoms with Gasteiger partial charge in [0.25, 0.3) is 0 Å².